The van der Waals surface area contributed by atoms with Crippen LogP contribution in [-0.2, 0) is 0 Å². The molecule has 3 aromatic rings. The van der Waals surface area contributed by atoms with Crippen molar-refractivity contribution in [3.05, 3.63) is 36.2 Å². The van der Waals surface area contributed by atoms with Crippen LogP contribution in [0.3, 0.4) is 0 Å². The zero-order chi connectivity index (χ0) is 14.1. The zero-order valence-corrected chi connectivity index (χ0v) is 10.1. The summed E-state index contributed by atoms with van der Waals surface area (Å²) >= 11 is 0. The summed E-state index contributed by atoms with van der Waals surface area (Å²) in [6.07, 6.45) is 2.97. The number of carboxylic acid groups (broad SMARTS) is 1. The monoisotopic (exact) mass is 271 g/mol. The second-order valence-electron chi connectivity index (χ2n) is 3.99. The van der Waals surface area contributed by atoms with Crippen molar-refractivity contribution < 1.29 is 9.90 Å². The lowest BCUT2D eigenvalue weighted by Crippen LogP contribution is -2.06. The van der Waals surface area contributed by atoms with Gasteiger partial charge >= 0.3 is 5.97 Å². The fourth-order valence-electron chi connectivity index (χ4n) is 1.79. The molecular formula is C11H9N7O2. The molecule has 0 amide bonds. The number of carbonyl (C=O) groups is 1. The maximum atomic E-state index is 11.3. The van der Waals surface area contributed by atoms with Gasteiger partial charge in [-0.2, -0.15) is 10.3 Å². The highest BCUT2D eigenvalue weighted by Gasteiger charge is 2.15. The lowest BCUT2D eigenvalue weighted by Gasteiger charge is -2.07. The van der Waals surface area contributed by atoms with Gasteiger partial charge in [0.05, 0.1) is 29.3 Å². The maximum absolute atomic E-state index is 11.3. The molecule has 100 valence electrons. The average molecular weight is 271 g/mol. The van der Waals surface area contributed by atoms with Gasteiger partial charge in [-0.1, -0.05) is 6.07 Å². The van der Waals surface area contributed by atoms with Crippen molar-refractivity contribution in [2.45, 2.75) is 0 Å². The number of nitrogens with two attached hydrogens (primary N) is 1. The van der Waals surface area contributed by atoms with E-state index in [4.69, 9.17) is 5.73 Å². The van der Waals surface area contributed by atoms with Gasteiger partial charge in [-0.3, -0.25) is 0 Å². The van der Waals surface area contributed by atoms with Gasteiger partial charge in [0.15, 0.2) is 0 Å². The van der Waals surface area contributed by atoms with E-state index in [0.717, 1.165) is 0 Å². The summed E-state index contributed by atoms with van der Waals surface area (Å²) in [7, 11) is 0. The number of nitrogens with zero attached hydrogens (tertiary/aromatic N) is 5. The first-order valence-electron chi connectivity index (χ1n) is 5.57. The van der Waals surface area contributed by atoms with Crippen molar-refractivity contribution >= 4 is 11.7 Å². The number of nitrogen functional groups attached to an aromatic ring is 1. The van der Waals surface area contributed by atoms with E-state index < -0.39 is 5.97 Å². The van der Waals surface area contributed by atoms with E-state index in [0.29, 0.717) is 22.8 Å². The summed E-state index contributed by atoms with van der Waals surface area (Å²) in [5, 5.41) is 26.8. The molecule has 0 unspecified atom stereocenters. The van der Waals surface area contributed by atoms with Crippen LogP contribution in [0.5, 0.6) is 0 Å². The van der Waals surface area contributed by atoms with Crippen LogP contribution in [0.25, 0.3) is 17.1 Å². The van der Waals surface area contributed by atoms with Gasteiger partial charge in [-0.25, -0.2) is 9.48 Å². The molecule has 2 heterocycles. The molecule has 0 fully saturated rings. The largest absolute Gasteiger partial charge is 0.478 e. The number of benzene rings is 1. The fraction of sp³-hybridized carbons (Fsp3) is 0. The molecule has 20 heavy (non-hydrogen) atoms. The van der Waals surface area contributed by atoms with Crippen LogP contribution in [-0.4, -0.2) is 41.5 Å². The molecule has 3 rings (SSSR count). The predicted molar refractivity (Wildman–Crippen MR) is 68.1 cm³/mol. The van der Waals surface area contributed by atoms with Crippen LogP contribution in [0.2, 0.25) is 0 Å². The Morgan fingerprint density at radius 3 is 2.85 bits per heavy atom. The molecule has 0 radical (unpaired) electrons. The number of nitrogens with one attached hydrogen (secondary N) is 1. The number of H-pyrrole nitrogens is 1. The van der Waals surface area contributed by atoms with E-state index in [-0.39, 0.29) is 5.56 Å². The molecule has 0 saturated carbocycles. The highest BCUT2D eigenvalue weighted by Crippen LogP contribution is 2.22. The van der Waals surface area contributed by atoms with Gasteiger partial charge in [0.1, 0.15) is 0 Å². The minimum atomic E-state index is -1.06. The smallest absolute Gasteiger partial charge is 0.337 e. The van der Waals surface area contributed by atoms with E-state index in [1.54, 1.807) is 12.1 Å². The molecular weight excluding hydrogens is 262 g/mol. The second kappa shape index (κ2) is 4.46. The number of hydrogen-bond donors (Lipinski definition) is 3. The summed E-state index contributed by atoms with van der Waals surface area (Å²) in [5.41, 5.74) is 7.13. The lowest BCUT2D eigenvalue weighted by atomic mass is 10.1. The molecule has 9 nitrogen and oxygen atoms in total. The van der Waals surface area contributed by atoms with Crippen LogP contribution < -0.4 is 5.73 Å². The van der Waals surface area contributed by atoms with E-state index in [9.17, 15) is 9.90 Å². The zero-order valence-electron chi connectivity index (χ0n) is 10.1. The Morgan fingerprint density at radius 2 is 2.25 bits per heavy atom. The summed E-state index contributed by atoms with van der Waals surface area (Å²) in [6, 6.07) is 4.67. The number of hydrogen-bond acceptors (Lipinski definition) is 6. The number of carboxylic acids is 1. The molecule has 0 bridgehead atoms. The first kappa shape index (κ1) is 11.8. The third kappa shape index (κ3) is 1.96. The minimum absolute atomic E-state index is 0.0975. The Morgan fingerprint density at radius 1 is 1.40 bits per heavy atom. The molecule has 1 aromatic carbocycles. The summed E-state index contributed by atoms with van der Waals surface area (Å²) in [6.45, 7) is 0. The Labute approximate surface area is 112 Å². The summed E-state index contributed by atoms with van der Waals surface area (Å²) in [4.78, 5) is 11.3. The highest BCUT2D eigenvalue weighted by molar-refractivity contribution is 5.92. The number of aromatic amines is 1. The van der Waals surface area contributed by atoms with Crippen LogP contribution in [0.1, 0.15) is 10.4 Å². The molecule has 2 aromatic heterocycles. The number of rotatable bonds is 3. The summed E-state index contributed by atoms with van der Waals surface area (Å²) in [5.74, 6) is -0.697. The Hall–Kier alpha value is -3.23. The van der Waals surface area contributed by atoms with Gasteiger partial charge < -0.3 is 10.8 Å². The van der Waals surface area contributed by atoms with Crippen molar-refractivity contribution in [3.63, 3.8) is 0 Å². The van der Waals surface area contributed by atoms with Crippen LogP contribution >= 0.6 is 0 Å². The SMILES string of the molecule is Nc1cnn(-c2cc(-c3nn[nH]n3)ccc2C(=O)O)c1. The number of aromatic nitrogens is 6. The van der Waals surface area contributed by atoms with E-state index in [1.165, 1.54) is 23.1 Å². The maximum Gasteiger partial charge on any atom is 0.337 e. The van der Waals surface area contributed by atoms with Gasteiger partial charge in [0.25, 0.3) is 0 Å². The Bertz CT molecular complexity index is 763. The molecule has 0 aliphatic rings. The average Bonchev–Trinajstić information content (AvgIpc) is 3.09. The van der Waals surface area contributed by atoms with E-state index in [1.807, 2.05) is 0 Å². The molecule has 0 aliphatic carbocycles. The summed E-state index contributed by atoms with van der Waals surface area (Å²) < 4.78 is 1.39. The van der Waals surface area contributed by atoms with Crippen molar-refractivity contribution in [3.8, 4) is 17.1 Å². The standard InChI is InChI=1S/C11H9N7O2/c12-7-4-13-18(5-7)9-3-6(10-14-16-17-15-10)1-2-8(9)11(19)20/h1-5H,12H2,(H,19,20)(H,14,15,16,17). The molecule has 0 saturated heterocycles. The number of tetrazole rings is 1. The van der Waals surface area contributed by atoms with Gasteiger partial charge in [-0.15, -0.1) is 10.2 Å². The topological polar surface area (TPSA) is 136 Å². The molecule has 0 aliphatic heterocycles. The van der Waals surface area contributed by atoms with Crippen molar-refractivity contribution in [2.75, 3.05) is 5.73 Å². The Balaban J connectivity index is 2.18. The van der Waals surface area contributed by atoms with Crippen LogP contribution in [0.15, 0.2) is 30.6 Å². The van der Waals surface area contributed by atoms with Crippen LogP contribution in [0, 0.1) is 0 Å². The van der Waals surface area contributed by atoms with E-state index >= 15 is 0 Å². The van der Waals surface area contributed by atoms with Gasteiger partial charge in [0, 0.05) is 5.56 Å². The third-order valence-corrected chi connectivity index (χ3v) is 2.68. The predicted octanol–water partition coefficient (Wildman–Crippen LogP) is 0.333. The first-order chi connectivity index (χ1) is 9.65. The van der Waals surface area contributed by atoms with Gasteiger partial charge in [0.2, 0.25) is 5.82 Å². The quantitative estimate of drug-likeness (QED) is 0.624. The lowest BCUT2D eigenvalue weighted by molar-refractivity contribution is 0.0697. The fourth-order valence-corrected chi connectivity index (χ4v) is 1.79. The van der Waals surface area contributed by atoms with Gasteiger partial charge in [-0.05, 0) is 17.3 Å². The molecule has 0 atom stereocenters. The number of aromatic carboxylic acids is 1. The van der Waals surface area contributed by atoms with Crippen molar-refractivity contribution in [2.24, 2.45) is 0 Å². The molecule has 0 spiro atoms. The van der Waals surface area contributed by atoms with Crippen molar-refractivity contribution in [1.29, 1.82) is 0 Å². The molecule has 4 N–H and O–H groups in total. The van der Waals surface area contributed by atoms with Crippen LogP contribution in [0.4, 0.5) is 5.69 Å². The third-order valence-electron chi connectivity index (χ3n) is 2.68. The molecule has 9 heteroatoms. The second-order valence-corrected chi connectivity index (χ2v) is 3.99. The highest BCUT2D eigenvalue weighted by atomic mass is 16.4. The number of anilines is 1. The van der Waals surface area contributed by atoms with Crippen molar-refractivity contribution in [1.82, 2.24) is 30.4 Å². The Kier molecular flexibility index (Phi) is 2.64. The van der Waals surface area contributed by atoms with E-state index in [2.05, 4.69) is 25.7 Å². The minimum Gasteiger partial charge on any atom is -0.478 e. The normalized spacial score (nSPS) is 10.6. The first-order valence-corrected chi connectivity index (χ1v) is 5.57.